The van der Waals surface area contributed by atoms with Gasteiger partial charge < -0.3 is 16.4 Å². The minimum Gasteiger partial charge on any atom is -0.365 e. The maximum absolute atomic E-state index is 13.0. The molecule has 0 aliphatic heterocycles. The van der Waals surface area contributed by atoms with Gasteiger partial charge in [-0.1, -0.05) is 12.1 Å². The molecular weight excluding hydrogens is 337 g/mol. The lowest BCUT2D eigenvalue weighted by Gasteiger charge is -2.11. The highest BCUT2D eigenvalue weighted by Gasteiger charge is 2.12. The van der Waals surface area contributed by atoms with Crippen molar-refractivity contribution in [3.05, 3.63) is 59.8 Å². The molecule has 1 amide bonds. The van der Waals surface area contributed by atoms with Gasteiger partial charge in [-0.2, -0.15) is 10.1 Å². The normalized spacial score (nSPS) is 10.5. The number of nitrogens with two attached hydrogens (primary N) is 1. The predicted molar refractivity (Wildman–Crippen MR) is 95.5 cm³/mol. The predicted octanol–water partition coefficient (Wildman–Crippen LogP) is 2.29. The van der Waals surface area contributed by atoms with Gasteiger partial charge in [-0.15, -0.1) is 0 Å². The molecule has 0 fully saturated rings. The van der Waals surface area contributed by atoms with E-state index in [2.05, 4.69) is 25.7 Å². The van der Waals surface area contributed by atoms with E-state index >= 15 is 0 Å². The van der Waals surface area contributed by atoms with Crippen LogP contribution in [0.3, 0.4) is 0 Å². The SMILES string of the molecule is CCn1cc(Nc2ncc(C(N)=O)c(NCc3ccc(F)cc3)n2)cn1. The highest BCUT2D eigenvalue weighted by Crippen LogP contribution is 2.18. The van der Waals surface area contributed by atoms with Crippen LogP contribution in [0.25, 0.3) is 0 Å². The van der Waals surface area contributed by atoms with Crippen molar-refractivity contribution < 1.29 is 9.18 Å². The second kappa shape index (κ2) is 7.60. The van der Waals surface area contributed by atoms with E-state index in [0.717, 1.165) is 17.8 Å². The third kappa shape index (κ3) is 4.12. The molecule has 9 heteroatoms. The highest BCUT2D eigenvalue weighted by atomic mass is 19.1. The van der Waals surface area contributed by atoms with Gasteiger partial charge in [-0.25, -0.2) is 9.37 Å². The largest absolute Gasteiger partial charge is 0.365 e. The van der Waals surface area contributed by atoms with Crippen LogP contribution >= 0.6 is 0 Å². The molecular formula is C17H18FN7O. The van der Waals surface area contributed by atoms with Crippen molar-refractivity contribution in [1.82, 2.24) is 19.7 Å². The van der Waals surface area contributed by atoms with Crippen LogP contribution < -0.4 is 16.4 Å². The number of hydrogen-bond acceptors (Lipinski definition) is 6. The van der Waals surface area contributed by atoms with Crippen molar-refractivity contribution in [3.63, 3.8) is 0 Å². The number of primary amides is 1. The van der Waals surface area contributed by atoms with Crippen molar-refractivity contribution in [3.8, 4) is 0 Å². The third-order valence-corrected chi connectivity index (χ3v) is 3.64. The van der Waals surface area contributed by atoms with Gasteiger partial charge in [0.1, 0.15) is 11.6 Å². The van der Waals surface area contributed by atoms with Crippen molar-refractivity contribution in [2.24, 2.45) is 5.73 Å². The quantitative estimate of drug-likeness (QED) is 0.600. The number of hydrogen-bond donors (Lipinski definition) is 3. The van der Waals surface area contributed by atoms with Crippen LogP contribution in [0.4, 0.5) is 21.8 Å². The first kappa shape index (κ1) is 17.3. The van der Waals surface area contributed by atoms with Gasteiger partial charge >= 0.3 is 0 Å². The van der Waals surface area contributed by atoms with Crippen LogP contribution in [0.2, 0.25) is 0 Å². The van der Waals surface area contributed by atoms with Gasteiger partial charge in [-0.3, -0.25) is 9.48 Å². The van der Waals surface area contributed by atoms with Crippen LogP contribution in [-0.4, -0.2) is 25.7 Å². The lowest BCUT2D eigenvalue weighted by Crippen LogP contribution is -2.17. The Morgan fingerprint density at radius 2 is 2.04 bits per heavy atom. The Labute approximate surface area is 149 Å². The zero-order valence-corrected chi connectivity index (χ0v) is 14.1. The van der Waals surface area contributed by atoms with Crippen LogP contribution in [0, 0.1) is 5.82 Å². The Hall–Kier alpha value is -3.49. The summed E-state index contributed by atoms with van der Waals surface area (Å²) in [5.74, 6) is -0.362. The Morgan fingerprint density at radius 1 is 1.27 bits per heavy atom. The number of benzene rings is 1. The summed E-state index contributed by atoms with van der Waals surface area (Å²) in [4.78, 5) is 20.0. The second-order valence-electron chi connectivity index (χ2n) is 5.51. The monoisotopic (exact) mass is 355 g/mol. The zero-order valence-electron chi connectivity index (χ0n) is 14.1. The molecule has 134 valence electrons. The molecule has 1 aromatic carbocycles. The van der Waals surface area contributed by atoms with Gasteiger partial charge in [0, 0.05) is 25.5 Å². The van der Waals surface area contributed by atoms with Gasteiger partial charge in [-0.05, 0) is 24.6 Å². The summed E-state index contributed by atoms with van der Waals surface area (Å²) in [6, 6.07) is 6.02. The summed E-state index contributed by atoms with van der Waals surface area (Å²) in [6.07, 6.45) is 4.83. The fourth-order valence-electron chi connectivity index (χ4n) is 2.28. The summed E-state index contributed by atoms with van der Waals surface area (Å²) < 4.78 is 14.7. The maximum Gasteiger partial charge on any atom is 0.254 e. The van der Waals surface area contributed by atoms with Gasteiger partial charge in [0.2, 0.25) is 5.95 Å². The van der Waals surface area contributed by atoms with E-state index in [4.69, 9.17) is 5.73 Å². The molecule has 26 heavy (non-hydrogen) atoms. The van der Waals surface area contributed by atoms with Crippen LogP contribution in [0.15, 0.2) is 42.9 Å². The van der Waals surface area contributed by atoms with Crippen molar-refractivity contribution in [2.45, 2.75) is 20.0 Å². The van der Waals surface area contributed by atoms with E-state index in [1.165, 1.54) is 18.3 Å². The van der Waals surface area contributed by atoms with Gasteiger partial charge in [0.05, 0.1) is 17.4 Å². The fraction of sp³-hybridized carbons (Fsp3) is 0.176. The number of rotatable bonds is 7. The second-order valence-corrected chi connectivity index (χ2v) is 5.51. The number of anilines is 3. The molecule has 0 radical (unpaired) electrons. The summed E-state index contributed by atoms with van der Waals surface area (Å²) in [7, 11) is 0. The zero-order chi connectivity index (χ0) is 18.5. The molecule has 4 N–H and O–H groups in total. The molecule has 0 atom stereocenters. The maximum atomic E-state index is 13.0. The topological polar surface area (TPSA) is 111 Å². The van der Waals surface area contributed by atoms with E-state index in [0.29, 0.717) is 18.3 Å². The van der Waals surface area contributed by atoms with E-state index in [1.807, 2.05) is 13.1 Å². The number of carbonyl (C=O) groups excluding carboxylic acids is 1. The van der Waals surface area contributed by atoms with E-state index in [9.17, 15) is 9.18 Å². The lowest BCUT2D eigenvalue weighted by molar-refractivity contribution is 0.100. The van der Waals surface area contributed by atoms with Crippen molar-refractivity contribution in [1.29, 1.82) is 0 Å². The van der Waals surface area contributed by atoms with Gasteiger partial charge in [0.25, 0.3) is 5.91 Å². The molecule has 0 saturated heterocycles. The standard InChI is InChI=1S/C17H18FN7O/c1-2-25-10-13(8-22-25)23-17-21-9-14(15(19)26)16(24-17)20-7-11-3-5-12(18)6-4-11/h3-6,8-10H,2,7H2,1H3,(H2,19,26)(H2,20,21,23,24). The number of aryl methyl sites for hydroxylation is 1. The van der Waals surface area contributed by atoms with E-state index < -0.39 is 5.91 Å². The number of carbonyl (C=O) groups is 1. The average molecular weight is 355 g/mol. The number of amides is 1. The molecule has 0 spiro atoms. The summed E-state index contributed by atoms with van der Waals surface area (Å²) in [6.45, 7) is 3.07. The molecule has 0 aliphatic carbocycles. The Bertz CT molecular complexity index is 908. The molecule has 3 rings (SSSR count). The van der Waals surface area contributed by atoms with E-state index in [-0.39, 0.29) is 11.4 Å². The number of halogens is 1. The molecule has 0 saturated carbocycles. The molecule has 2 heterocycles. The summed E-state index contributed by atoms with van der Waals surface area (Å²) in [5, 5.41) is 10.2. The van der Waals surface area contributed by atoms with Gasteiger partial charge in [0.15, 0.2) is 0 Å². The highest BCUT2D eigenvalue weighted by molar-refractivity contribution is 5.97. The number of aromatic nitrogens is 4. The minimum absolute atomic E-state index is 0.168. The molecule has 3 aromatic rings. The van der Waals surface area contributed by atoms with Crippen molar-refractivity contribution in [2.75, 3.05) is 10.6 Å². The fourth-order valence-corrected chi connectivity index (χ4v) is 2.28. The molecule has 0 unspecified atom stereocenters. The summed E-state index contributed by atoms with van der Waals surface area (Å²) in [5.41, 5.74) is 7.11. The van der Waals surface area contributed by atoms with Crippen molar-refractivity contribution >= 4 is 23.4 Å². The molecule has 2 aromatic heterocycles. The number of nitrogens with zero attached hydrogens (tertiary/aromatic N) is 4. The molecule has 8 nitrogen and oxygen atoms in total. The first-order chi connectivity index (χ1) is 12.5. The summed E-state index contributed by atoms with van der Waals surface area (Å²) >= 11 is 0. The molecule has 0 aliphatic rings. The molecule has 0 bridgehead atoms. The first-order valence-corrected chi connectivity index (χ1v) is 8.00. The number of nitrogens with one attached hydrogen (secondary N) is 2. The minimum atomic E-state index is -0.642. The first-order valence-electron chi connectivity index (χ1n) is 8.00. The Morgan fingerprint density at radius 3 is 2.69 bits per heavy atom. The Balaban J connectivity index is 1.79. The average Bonchev–Trinajstić information content (AvgIpc) is 3.09. The van der Waals surface area contributed by atoms with E-state index in [1.54, 1.807) is 23.0 Å². The lowest BCUT2D eigenvalue weighted by atomic mass is 10.2. The van der Waals surface area contributed by atoms with Crippen LogP contribution in [-0.2, 0) is 13.1 Å². The van der Waals surface area contributed by atoms with Crippen LogP contribution in [0.5, 0.6) is 0 Å². The smallest absolute Gasteiger partial charge is 0.254 e. The Kier molecular flexibility index (Phi) is 5.07. The van der Waals surface area contributed by atoms with Crippen LogP contribution in [0.1, 0.15) is 22.8 Å². The third-order valence-electron chi connectivity index (χ3n) is 3.64.